The van der Waals surface area contributed by atoms with Gasteiger partial charge in [-0.3, -0.25) is 14.4 Å². The van der Waals surface area contributed by atoms with E-state index in [4.69, 9.17) is 9.47 Å². The van der Waals surface area contributed by atoms with Crippen molar-refractivity contribution in [3.05, 3.63) is 29.1 Å². The van der Waals surface area contributed by atoms with Crippen LogP contribution in [0.1, 0.15) is 64.9 Å². The van der Waals surface area contributed by atoms with Gasteiger partial charge in [0.2, 0.25) is 11.7 Å². The Labute approximate surface area is 237 Å². The highest BCUT2D eigenvalue weighted by Gasteiger charge is 2.36. The number of carboxylic acids is 1. The van der Waals surface area contributed by atoms with Gasteiger partial charge in [0.05, 0.1) is 6.42 Å². The molecule has 0 radical (unpaired) electrons. The maximum Gasteiger partial charge on any atom is 0.410 e. The van der Waals surface area contributed by atoms with Crippen LogP contribution in [-0.2, 0) is 19.1 Å². The Morgan fingerprint density at radius 1 is 1.07 bits per heavy atom. The number of carbonyl (C=O) groups is 4. The number of amides is 2. The number of hydrogen-bond acceptors (Lipinski definition) is 6. The molecule has 1 aromatic carbocycles. The Kier molecular flexibility index (Phi) is 11.0. The van der Waals surface area contributed by atoms with Crippen LogP contribution >= 0.6 is 0 Å². The molecule has 9 nitrogen and oxygen atoms in total. The number of aliphatic carboxylic acids is 1. The van der Waals surface area contributed by atoms with Gasteiger partial charge < -0.3 is 24.8 Å². The fourth-order valence-corrected chi connectivity index (χ4v) is 5.56. The van der Waals surface area contributed by atoms with E-state index in [1.807, 2.05) is 0 Å². The SMILES string of the molecule is Cc1cc(F)c(F)c(OCC(=O)[C@H](CC(=O)O)NC(=O)C2CCN(C(=O)O[C@@H]3C[C@H](C)CC[C@H]3C(C)C)CC2)c1F. The molecule has 228 valence electrons. The average molecular weight is 585 g/mol. The summed E-state index contributed by atoms with van der Waals surface area (Å²) in [5.74, 6) is -7.66. The molecule has 1 aliphatic carbocycles. The van der Waals surface area contributed by atoms with Gasteiger partial charge in [-0.25, -0.2) is 13.6 Å². The molecule has 2 N–H and O–H groups in total. The summed E-state index contributed by atoms with van der Waals surface area (Å²) < 4.78 is 52.6. The average Bonchev–Trinajstić information content (AvgIpc) is 2.91. The molecular formula is C29H39F3N2O7. The molecule has 1 aliphatic heterocycles. The molecule has 0 aromatic heterocycles. The monoisotopic (exact) mass is 584 g/mol. The van der Waals surface area contributed by atoms with Crippen LogP contribution in [0.15, 0.2) is 6.07 Å². The molecule has 2 fully saturated rings. The van der Waals surface area contributed by atoms with Gasteiger partial charge >= 0.3 is 12.1 Å². The topological polar surface area (TPSA) is 122 Å². The van der Waals surface area contributed by atoms with Gasteiger partial charge in [0, 0.05) is 19.0 Å². The molecule has 1 aromatic rings. The molecular weight excluding hydrogens is 545 g/mol. The fourth-order valence-electron chi connectivity index (χ4n) is 5.56. The second-order valence-electron chi connectivity index (χ2n) is 11.6. The van der Waals surface area contributed by atoms with Crippen LogP contribution in [0.3, 0.4) is 0 Å². The van der Waals surface area contributed by atoms with Gasteiger partial charge in [0.1, 0.15) is 18.8 Å². The van der Waals surface area contributed by atoms with E-state index >= 15 is 0 Å². The van der Waals surface area contributed by atoms with E-state index in [1.54, 1.807) is 4.90 Å². The predicted octanol–water partition coefficient (Wildman–Crippen LogP) is 4.63. The largest absolute Gasteiger partial charge is 0.481 e. The van der Waals surface area contributed by atoms with Crippen LogP contribution < -0.4 is 10.1 Å². The summed E-state index contributed by atoms with van der Waals surface area (Å²) in [5, 5.41) is 11.6. The number of carboxylic acid groups (broad SMARTS) is 1. The van der Waals surface area contributed by atoms with Crippen molar-refractivity contribution in [1.82, 2.24) is 10.2 Å². The van der Waals surface area contributed by atoms with E-state index in [2.05, 4.69) is 26.1 Å². The number of ketones is 1. The Morgan fingerprint density at radius 3 is 2.34 bits per heavy atom. The van der Waals surface area contributed by atoms with Crippen molar-refractivity contribution in [3.8, 4) is 5.75 Å². The summed E-state index contributed by atoms with van der Waals surface area (Å²) in [5.41, 5.74) is -0.245. The van der Waals surface area contributed by atoms with E-state index < -0.39 is 71.9 Å². The first-order chi connectivity index (χ1) is 19.3. The maximum atomic E-state index is 14.2. The summed E-state index contributed by atoms with van der Waals surface area (Å²) in [6.07, 6.45) is 2.11. The number of benzene rings is 1. The van der Waals surface area contributed by atoms with Crippen molar-refractivity contribution in [2.24, 2.45) is 23.7 Å². The number of carbonyl (C=O) groups excluding carboxylic acids is 3. The first kappa shape index (κ1) is 32.2. The number of halogens is 3. The molecule has 0 unspecified atom stereocenters. The maximum absolute atomic E-state index is 14.2. The van der Waals surface area contributed by atoms with E-state index in [1.165, 1.54) is 6.92 Å². The molecule has 1 heterocycles. The standard InChI is InChI=1S/C29H39F3N2O7/c1-15(2)19-6-5-16(3)11-23(19)41-29(39)34-9-7-18(8-10-34)28(38)33-21(13-24(36)37)22(35)14-40-27-25(31)17(4)12-20(30)26(27)32/h12,15-16,18-19,21,23H,5-11,13-14H2,1-4H3,(H,33,38)(H,36,37)/t16-,19+,21+,23-/m1/s1. The summed E-state index contributed by atoms with van der Waals surface area (Å²) in [4.78, 5) is 51.4. The molecule has 2 amide bonds. The van der Waals surface area contributed by atoms with E-state index in [9.17, 15) is 37.5 Å². The summed E-state index contributed by atoms with van der Waals surface area (Å²) in [6, 6.07) is -0.901. The van der Waals surface area contributed by atoms with Crippen molar-refractivity contribution in [2.45, 2.75) is 78.4 Å². The number of piperidine rings is 1. The van der Waals surface area contributed by atoms with Crippen LogP contribution in [0.4, 0.5) is 18.0 Å². The van der Waals surface area contributed by atoms with Gasteiger partial charge in [-0.2, -0.15) is 4.39 Å². The zero-order valence-electron chi connectivity index (χ0n) is 23.9. The van der Waals surface area contributed by atoms with Crippen molar-refractivity contribution in [1.29, 1.82) is 0 Å². The molecule has 4 atom stereocenters. The summed E-state index contributed by atoms with van der Waals surface area (Å²) >= 11 is 0. The second-order valence-corrected chi connectivity index (χ2v) is 11.6. The highest BCUT2D eigenvalue weighted by atomic mass is 19.2. The summed E-state index contributed by atoms with van der Waals surface area (Å²) in [7, 11) is 0. The van der Waals surface area contributed by atoms with Crippen molar-refractivity contribution in [2.75, 3.05) is 19.7 Å². The lowest BCUT2D eigenvalue weighted by Crippen LogP contribution is -2.49. The minimum Gasteiger partial charge on any atom is -0.481 e. The minimum absolute atomic E-state index is 0.157. The van der Waals surface area contributed by atoms with Crippen molar-refractivity contribution < 1.29 is 46.9 Å². The summed E-state index contributed by atoms with van der Waals surface area (Å²) in [6.45, 7) is 7.10. The third-order valence-electron chi connectivity index (χ3n) is 8.08. The normalized spacial score (nSPS) is 22.2. The Balaban J connectivity index is 1.55. The van der Waals surface area contributed by atoms with Crippen LogP contribution in [0.5, 0.6) is 5.75 Å². The van der Waals surface area contributed by atoms with Crippen LogP contribution in [0.2, 0.25) is 0 Å². The molecule has 1 saturated carbocycles. The number of aryl methyl sites for hydroxylation is 1. The highest BCUT2D eigenvalue weighted by molar-refractivity contribution is 5.93. The number of nitrogens with zero attached hydrogens (tertiary/aromatic N) is 1. The molecule has 12 heteroatoms. The number of nitrogens with one attached hydrogen (secondary N) is 1. The van der Waals surface area contributed by atoms with Crippen LogP contribution in [-0.4, -0.2) is 65.6 Å². The minimum atomic E-state index is -1.62. The quantitative estimate of drug-likeness (QED) is 0.385. The van der Waals surface area contributed by atoms with E-state index in [-0.39, 0.29) is 37.6 Å². The highest BCUT2D eigenvalue weighted by Crippen LogP contribution is 2.36. The Bertz CT molecular complexity index is 1110. The van der Waals surface area contributed by atoms with Gasteiger partial charge in [0.25, 0.3) is 0 Å². The number of rotatable bonds is 10. The number of hydrogen-bond donors (Lipinski definition) is 2. The van der Waals surface area contributed by atoms with E-state index in [0.29, 0.717) is 23.8 Å². The van der Waals surface area contributed by atoms with Crippen LogP contribution in [0, 0.1) is 48.0 Å². The molecule has 2 aliphatic rings. The van der Waals surface area contributed by atoms with Crippen LogP contribution in [0.25, 0.3) is 0 Å². The lowest BCUT2D eigenvalue weighted by molar-refractivity contribution is -0.141. The van der Waals surface area contributed by atoms with Gasteiger partial charge in [0.15, 0.2) is 23.2 Å². The lowest BCUT2D eigenvalue weighted by atomic mass is 9.75. The fraction of sp³-hybridized carbons (Fsp3) is 0.655. The van der Waals surface area contributed by atoms with Crippen molar-refractivity contribution >= 4 is 23.8 Å². The zero-order valence-corrected chi connectivity index (χ0v) is 23.9. The first-order valence-electron chi connectivity index (χ1n) is 14.1. The molecule has 0 bridgehead atoms. The third kappa shape index (κ3) is 8.36. The lowest BCUT2D eigenvalue weighted by Gasteiger charge is -2.38. The first-order valence-corrected chi connectivity index (χ1v) is 14.1. The third-order valence-corrected chi connectivity index (χ3v) is 8.08. The van der Waals surface area contributed by atoms with Gasteiger partial charge in [-0.15, -0.1) is 0 Å². The van der Waals surface area contributed by atoms with Gasteiger partial charge in [-0.05, 0) is 62.0 Å². The Morgan fingerprint density at radius 2 is 1.73 bits per heavy atom. The predicted molar refractivity (Wildman–Crippen MR) is 142 cm³/mol. The Hall–Kier alpha value is -3.31. The van der Waals surface area contributed by atoms with E-state index in [0.717, 1.165) is 19.3 Å². The molecule has 3 rings (SSSR count). The second kappa shape index (κ2) is 14.0. The molecule has 1 saturated heterocycles. The smallest absolute Gasteiger partial charge is 0.410 e. The molecule has 41 heavy (non-hydrogen) atoms. The van der Waals surface area contributed by atoms with Crippen molar-refractivity contribution in [3.63, 3.8) is 0 Å². The van der Waals surface area contributed by atoms with Gasteiger partial charge in [-0.1, -0.05) is 27.2 Å². The zero-order chi connectivity index (χ0) is 30.4. The molecule has 0 spiro atoms. The number of ether oxygens (including phenoxy) is 2. The number of Topliss-reactive ketones (excluding diaryl/α,β-unsaturated/α-hetero) is 1. The number of likely N-dealkylation sites (tertiary alicyclic amines) is 1.